The third-order valence-electron chi connectivity index (χ3n) is 2.02. The predicted octanol–water partition coefficient (Wildman–Crippen LogP) is 2.82. The highest BCUT2D eigenvalue weighted by Gasteiger charge is 2.22. The van der Waals surface area contributed by atoms with Gasteiger partial charge in [-0.15, -0.1) is 0 Å². The molecular formula is C12H16Br2N2O2. The van der Waals surface area contributed by atoms with E-state index in [1.165, 1.54) is 0 Å². The summed E-state index contributed by atoms with van der Waals surface area (Å²) >= 11 is 6.64. The molecule has 0 saturated heterocycles. The molecule has 0 spiro atoms. The topological polar surface area (TPSA) is 65.2 Å². The van der Waals surface area contributed by atoms with Crippen molar-refractivity contribution in [3.63, 3.8) is 0 Å². The standard InChI is InChI=1S/C12H16Br2N2O2/c1-12(2,3)18-11(17)9(15)5-7-4-8(13)10(14)16-6-7/h4,6,9H,5,15H2,1-3H3. The van der Waals surface area contributed by atoms with E-state index in [0.717, 1.165) is 14.6 Å². The molecule has 0 radical (unpaired) electrons. The van der Waals surface area contributed by atoms with Crippen molar-refractivity contribution in [2.45, 2.75) is 38.8 Å². The molecule has 1 unspecified atom stereocenters. The van der Waals surface area contributed by atoms with Crippen LogP contribution < -0.4 is 5.73 Å². The quantitative estimate of drug-likeness (QED) is 0.647. The maximum atomic E-state index is 11.7. The molecule has 1 aromatic heterocycles. The molecule has 18 heavy (non-hydrogen) atoms. The molecule has 1 heterocycles. The molecule has 0 amide bonds. The molecule has 1 rings (SSSR count). The molecule has 0 aromatic carbocycles. The Morgan fingerprint density at radius 3 is 2.61 bits per heavy atom. The lowest BCUT2D eigenvalue weighted by molar-refractivity contribution is -0.156. The number of nitrogens with two attached hydrogens (primary N) is 1. The fraction of sp³-hybridized carbons (Fsp3) is 0.500. The zero-order valence-electron chi connectivity index (χ0n) is 10.5. The van der Waals surface area contributed by atoms with Crippen molar-refractivity contribution in [1.82, 2.24) is 4.98 Å². The molecule has 6 heteroatoms. The number of halogens is 2. The summed E-state index contributed by atoms with van der Waals surface area (Å²) in [5, 5.41) is 0. The van der Waals surface area contributed by atoms with E-state index in [1.54, 1.807) is 6.20 Å². The van der Waals surface area contributed by atoms with E-state index in [-0.39, 0.29) is 0 Å². The molecule has 0 aliphatic heterocycles. The fourth-order valence-electron chi connectivity index (χ4n) is 1.29. The lowest BCUT2D eigenvalue weighted by Crippen LogP contribution is -2.38. The Bertz CT molecular complexity index is 444. The van der Waals surface area contributed by atoms with Crippen molar-refractivity contribution in [2.75, 3.05) is 0 Å². The van der Waals surface area contributed by atoms with Crippen LogP contribution in [0.1, 0.15) is 26.3 Å². The van der Waals surface area contributed by atoms with E-state index in [1.807, 2.05) is 26.8 Å². The molecule has 0 aliphatic rings. The first-order chi connectivity index (χ1) is 8.19. The monoisotopic (exact) mass is 378 g/mol. The van der Waals surface area contributed by atoms with Gasteiger partial charge in [0.2, 0.25) is 0 Å². The molecule has 4 nitrogen and oxygen atoms in total. The van der Waals surface area contributed by atoms with Crippen LogP contribution in [0.15, 0.2) is 21.3 Å². The van der Waals surface area contributed by atoms with Gasteiger partial charge in [-0.25, -0.2) is 4.98 Å². The van der Waals surface area contributed by atoms with Gasteiger partial charge < -0.3 is 10.5 Å². The number of esters is 1. The number of aromatic nitrogens is 1. The van der Waals surface area contributed by atoms with E-state index >= 15 is 0 Å². The molecule has 0 saturated carbocycles. The second-order valence-corrected chi connectivity index (χ2v) is 6.57. The van der Waals surface area contributed by atoms with Crippen LogP contribution in [-0.4, -0.2) is 22.6 Å². The molecule has 100 valence electrons. The molecular weight excluding hydrogens is 364 g/mol. The Morgan fingerprint density at radius 2 is 2.11 bits per heavy atom. The summed E-state index contributed by atoms with van der Waals surface area (Å²) in [5.41, 5.74) is 6.17. The average molecular weight is 380 g/mol. The average Bonchev–Trinajstić information content (AvgIpc) is 2.21. The van der Waals surface area contributed by atoms with Crippen molar-refractivity contribution in [1.29, 1.82) is 0 Å². The summed E-state index contributed by atoms with van der Waals surface area (Å²) in [6.07, 6.45) is 2.08. The number of hydrogen-bond donors (Lipinski definition) is 1. The number of rotatable bonds is 3. The zero-order chi connectivity index (χ0) is 13.9. The summed E-state index contributed by atoms with van der Waals surface area (Å²) in [6, 6.07) is 1.19. The Balaban J connectivity index is 2.66. The smallest absolute Gasteiger partial charge is 0.323 e. The van der Waals surface area contributed by atoms with Crippen LogP contribution in [0.2, 0.25) is 0 Å². The number of ether oxygens (including phenoxy) is 1. The summed E-state index contributed by atoms with van der Waals surface area (Å²) in [4.78, 5) is 15.9. The zero-order valence-corrected chi connectivity index (χ0v) is 13.7. The minimum atomic E-state index is -0.681. The number of carbonyl (C=O) groups excluding carboxylic acids is 1. The Labute approximate surface area is 124 Å². The van der Waals surface area contributed by atoms with Gasteiger partial charge in [-0.2, -0.15) is 0 Å². The molecule has 1 atom stereocenters. The van der Waals surface area contributed by atoms with Gasteiger partial charge in [0.25, 0.3) is 0 Å². The second kappa shape index (κ2) is 6.12. The van der Waals surface area contributed by atoms with E-state index in [9.17, 15) is 4.79 Å². The Kier molecular flexibility index (Phi) is 5.31. The van der Waals surface area contributed by atoms with Crippen LogP contribution in [0.3, 0.4) is 0 Å². The van der Waals surface area contributed by atoms with Crippen LogP contribution in [0.25, 0.3) is 0 Å². The normalized spacial score (nSPS) is 13.2. The van der Waals surface area contributed by atoms with E-state index in [2.05, 4.69) is 36.8 Å². The molecule has 0 bridgehead atoms. The highest BCUT2D eigenvalue weighted by atomic mass is 79.9. The molecule has 2 N–H and O–H groups in total. The number of hydrogen-bond acceptors (Lipinski definition) is 4. The van der Waals surface area contributed by atoms with Crippen molar-refractivity contribution in [3.05, 3.63) is 26.9 Å². The highest BCUT2D eigenvalue weighted by Crippen LogP contribution is 2.21. The lowest BCUT2D eigenvalue weighted by atomic mass is 10.1. The summed E-state index contributed by atoms with van der Waals surface area (Å²) in [6.45, 7) is 5.44. The van der Waals surface area contributed by atoms with Gasteiger partial charge in [-0.1, -0.05) is 0 Å². The van der Waals surface area contributed by atoms with Crippen molar-refractivity contribution < 1.29 is 9.53 Å². The summed E-state index contributed by atoms with van der Waals surface area (Å²) < 4.78 is 6.77. The minimum absolute atomic E-state index is 0.397. The third kappa shape index (κ3) is 5.04. The molecule has 1 aromatic rings. The first kappa shape index (κ1) is 15.6. The van der Waals surface area contributed by atoms with E-state index < -0.39 is 17.6 Å². The van der Waals surface area contributed by atoms with Crippen LogP contribution in [0, 0.1) is 0 Å². The van der Waals surface area contributed by atoms with Gasteiger partial charge in [0, 0.05) is 6.20 Å². The van der Waals surface area contributed by atoms with Gasteiger partial charge in [-0.05, 0) is 70.7 Å². The third-order valence-corrected chi connectivity index (χ3v) is 3.79. The van der Waals surface area contributed by atoms with Crippen LogP contribution in [0.4, 0.5) is 0 Å². The van der Waals surface area contributed by atoms with Crippen molar-refractivity contribution in [3.8, 4) is 0 Å². The summed E-state index contributed by atoms with van der Waals surface area (Å²) in [5.74, 6) is -0.401. The van der Waals surface area contributed by atoms with Gasteiger partial charge >= 0.3 is 5.97 Å². The summed E-state index contributed by atoms with van der Waals surface area (Å²) in [7, 11) is 0. The maximum Gasteiger partial charge on any atom is 0.323 e. The lowest BCUT2D eigenvalue weighted by Gasteiger charge is -2.22. The molecule has 0 fully saturated rings. The van der Waals surface area contributed by atoms with Crippen LogP contribution in [0.5, 0.6) is 0 Å². The predicted molar refractivity (Wildman–Crippen MR) is 77.2 cm³/mol. The van der Waals surface area contributed by atoms with Crippen LogP contribution in [-0.2, 0) is 16.0 Å². The first-order valence-corrected chi connectivity index (χ1v) is 7.06. The van der Waals surface area contributed by atoms with Gasteiger partial charge in [-0.3, -0.25) is 4.79 Å². The fourth-order valence-corrected chi connectivity index (χ4v) is 1.90. The second-order valence-electron chi connectivity index (χ2n) is 4.96. The number of carbonyl (C=O) groups is 1. The van der Waals surface area contributed by atoms with Gasteiger partial charge in [0.15, 0.2) is 0 Å². The first-order valence-electron chi connectivity index (χ1n) is 5.47. The maximum absolute atomic E-state index is 11.7. The van der Waals surface area contributed by atoms with Crippen molar-refractivity contribution in [2.24, 2.45) is 5.73 Å². The molecule has 0 aliphatic carbocycles. The van der Waals surface area contributed by atoms with Gasteiger partial charge in [0.1, 0.15) is 16.2 Å². The van der Waals surface area contributed by atoms with E-state index in [0.29, 0.717) is 6.42 Å². The van der Waals surface area contributed by atoms with E-state index in [4.69, 9.17) is 10.5 Å². The van der Waals surface area contributed by atoms with Crippen LogP contribution >= 0.6 is 31.9 Å². The number of pyridine rings is 1. The SMILES string of the molecule is CC(C)(C)OC(=O)C(N)Cc1cnc(Br)c(Br)c1. The van der Waals surface area contributed by atoms with Gasteiger partial charge in [0.05, 0.1) is 4.47 Å². The highest BCUT2D eigenvalue weighted by molar-refractivity contribution is 9.13. The van der Waals surface area contributed by atoms with Crippen molar-refractivity contribution >= 4 is 37.8 Å². The number of nitrogens with zero attached hydrogens (tertiary/aromatic N) is 1. The Hall–Kier alpha value is -0.460. The largest absolute Gasteiger partial charge is 0.459 e. The Morgan fingerprint density at radius 1 is 1.50 bits per heavy atom. The minimum Gasteiger partial charge on any atom is -0.459 e.